The number of hydrogen-bond donors (Lipinski definition) is 1. The van der Waals surface area contributed by atoms with Crippen LogP contribution < -0.4 is 5.32 Å². The number of aromatic nitrogens is 2. The van der Waals surface area contributed by atoms with Gasteiger partial charge in [-0.2, -0.15) is 0 Å². The lowest BCUT2D eigenvalue weighted by molar-refractivity contribution is 0.162. The molecule has 1 N–H and O–H groups in total. The maximum absolute atomic E-state index is 13.4. The van der Waals surface area contributed by atoms with Gasteiger partial charge in [0, 0.05) is 36.8 Å². The van der Waals surface area contributed by atoms with Crippen molar-refractivity contribution in [2.24, 2.45) is 0 Å². The largest absolute Gasteiger partial charge is 0.317 e. The molecule has 4 rings (SSSR count). The summed E-state index contributed by atoms with van der Waals surface area (Å²) in [6.07, 6.45) is 6.16. The molecule has 1 aromatic heterocycles. The molecular formula is C27H32F2N4. The van der Waals surface area contributed by atoms with Crippen molar-refractivity contribution in [3.8, 4) is 11.3 Å². The maximum Gasteiger partial charge on any atom is 0.128 e. The first-order chi connectivity index (χ1) is 16.1. The average molecular weight is 451 g/mol. The Bertz CT molecular complexity index is 1030. The monoisotopic (exact) mass is 450 g/mol. The number of nitrogens with one attached hydrogen (secondary N) is 1. The highest BCUT2D eigenvalue weighted by molar-refractivity contribution is 5.59. The van der Waals surface area contributed by atoms with Crippen LogP contribution in [-0.2, 0) is 19.4 Å². The van der Waals surface area contributed by atoms with Crippen LogP contribution in [0.5, 0.6) is 0 Å². The van der Waals surface area contributed by atoms with Crippen molar-refractivity contribution < 1.29 is 8.78 Å². The number of hydrogen-bond acceptors (Lipinski definition) is 4. The molecule has 0 radical (unpaired) electrons. The predicted molar refractivity (Wildman–Crippen MR) is 128 cm³/mol. The van der Waals surface area contributed by atoms with E-state index in [1.165, 1.54) is 30.5 Å². The zero-order chi connectivity index (χ0) is 23.0. The van der Waals surface area contributed by atoms with E-state index >= 15 is 0 Å². The molecule has 0 saturated carbocycles. The van der Waals surface area contributed by atoms with Gasteiger partial charge in [-0.15, -0.1) is 0 Å². The second-order valence-electron chi connectivity index (χ2n) is 8.73. The molecule has 0 spiro atoms. The lowest BCUT2D eigenvalue weighted by Gasteiger charge is -2.34. The van der Waals surface area contributed by atoms with E-state index in [0.29, 0.717) is 24.4 Å². The lowest BCUT2D eigenvalue weighted by Crippen LogP contribution is -2.42. The number of rotatable bonds is 9. The van der Waals surface area contributed by atoms with Crippen LogP contribution in [0.15, 0.2) is 54.7 Å². The van der Waals surface area contributed by atoms with Crippen LogP contribution in [0.4, 0.5) is 8.78 Å². The first-order valence-electron chi connectivity index (χ1n) is 11.9. The van der Waals surface area contributed by atoms with Gasteiger partial charge in [-0.05, 0) is 80.7 Å². The van der Waals surface area contributed by atoms with E-state index in [1.54, 1.807) is 6.20 Å². The van der Waals surface area contributed by atoms with E-state index in [9.17, 15) is 8.78 Å². The quantitative estimate of drug-likeness (QED) is 0.488. The highest BCUT2D eigenvalue weighted by Gasteiger charge is 2.19. The number of aryl methyl sites for hydroxylation is 2. The van der Waals surface area contributed by atoms with Crippen LogP contribution in [-0.4, -0.2) is 40.5 Å². The number of halogens is 2. The van der Waals surface area contributed by atoms with Gasteiger partial charge in [0.1, 0.15) is 17.5 Å². The summed E-state index contributed by atoms with van der Waals surface area (Å²) in [5.74, 6) is -0.325. The molecule has 0 unspecified atom stereocenters. The lowest BCUT2D eigenvalue weighted by atomic mass is 10.0. The van der Waals surface area contributed by atoms with Crippen LogP contribution in [0.25, 0.3) is 11.3 Å². The number of benzene rings is 2. The second-order valence-corrected chi connectivity index (χ2v) is 8.73. The van der Waals surface area contributed by atoms with E-state index in [-0.39, 0.29) is 0 Å². The molecule has 0 bridgehead atoms. The van der Waals surface area contributed by atoms with E-state index in [2.05, 4.69) is 46.4 Å². The summed E-state index contributed by atoms with van der Waals surface area (Å²) in [7, 11) is 0. The summed E-state index contributed by atoms with van der Waals surface area (Å²) in [6.45, 7) is 6.41. The molecule has 33 heavy (non-hydrogen) atoms. The van der Waals surface area contributed by atoms with Crippen molar-refractivity contribution in [3.05, 3.63) is 83.3 Å². The zero-order valence-corrected chi connectivity index (χ0v) is 19.2. The number of piperidine rings is 1. The fourth-order valence-electron chi connectivity index (χ4n) is 4.62. The topological polar surface area (TPSA) is 41.1 Å². The van der Waals surface area contributed by atoms with Gasteiger partial charge in [0.25, 0.3) is 0 Å². The minimum Gasteiger partial charge on any atom is -0.317 e. The Morgan fingerprint density at radius 3 is 2.52 bits per heavy atom. The molecule has 0 amide bonds. The van der Waals surface area contributed by atoms with Crippen LogP contribution >= 0.6 is 0 Å². The summed E-state index contributed by atoms with van der Waals surface area (Å²) in [5, 5.41) is 3.45. The smallest absolute Gasteiger partial charge is 0.128 e. The SMILES string of the molecule is CCN(Cc1cccc(-c2ccnc(CCCc3cc(F)cc(F)c3)n2)c1)C1CCNCC1. The van der Waals surface area contributed by atoms with Gasteiger partial charge < -0.3 is 5.32 Å². The minimum atomic E-state index is -0.537. The molecule has 4 nitrogen and oxygen atoms in total. The van der Waals surface area contributed by atoms with Gasteiger partial charge >= 0.3 is 0 Å². The van der Waals surface area contributed by atoms with Crippen molar-refractivity contribution in [1.82, 2.24) is 20.2 Å². The van der Waals surface area contributed by atoms with Crippen LogP contribution in [0.1, 0.15) is 43.1 Å². The predicted octanol–water partition coefficient (Wildman–Crippen LogP) is 5.17. The molecule has 2 aromatic carbocycles. The van der Waals surface area contributed by atoms with Gasteiger partial charge in [0.05, 0.1) is 5.69 Å². The van der Waals surface area contributed by atoms with Gasteiger partial charge in [0.2, 0.25) is 0 Å². The molecule has 2 heterocycles. The third-order valence-corrected chi connectivity index (χ3v) is 6.33. The fraction of sp³-hybridized carbons (Fsp3) is 0.407. The van der Waals surface area contributed by atoms with E-state index < -0.39 is 11.6 Å². The summed E-state index contributed by atoms with van der Waals surface area (Å²) < 4.78 is 26.8. The molecule has 6 heteroatoms. The fourth-order valence-corrected chi connectivity index (χ4v) is 4.62. The molecule has 1 aliphatic rings. The third kappa shape index (κ3) is 6.65. The molecule has 174 valence electrons. The van der Waals surface area contributed by atoms with Gasteiger partial charge in [-0.3, -0.25) is 4.90 Å². The summed E-state index contributed by atoms with van der Waals surface area (Å²) >= 11 is 0. The standard InChI is InChI=1S/C27H32F2N4/c1-2-33(25-9-12-30-13-10-25)19-21-6-3-7-22(15-21)26-11-14-31-27(32-26)8-4-5-20-16-23(28)18-24(29)17-20/h3,6-7,11,14-18,25,30H,2,4-5,8-10,12-13,19H2,1H3. The Morgan fingerprint density at radius 2 is 1.76 bits per heavy atom. The van der Waals surface area contributed by atoms with Crippen molar-refractivity contribution in [3.63, 3.8) is 0 Å². The van der Waals surface area contributed by atoms with Crippen LogP contribution in [0.2, 0.25) is 0 Å². The average Bonchev–Trinajstić information content (AvgIpc) is 2.83. The molecule has 0 atom stereocenters. The van der Waals surface area contributed by atoms with Crippen LogP contribution in [0.3, 0.4) is 0 Å². The van der Waals surface area contributed by atoms with Gasteiger partial charge in [0.15, 0.2) is 0 Å². The normalized spacial score (nSPS) is 14.7. The Hall–Kier alpha value is -2.70. The highest BCUT2D eigenvalue weighted by Crippen LogP contribution is 2.21. The van der Waals surface area contributed by atoms with E-state index in [0.717, 1.165) is 55.7 Å². The van der Waals surface area contributed by atoms with Crippen molar-refractivity contribution in [2.75, 3.05) is 19.6 Å². The molecule has 3 aromatic rings. The molecule has 1 saturated heterocycles. The second kappa shape index (κ2) is 11.4. The summed E-state index contributed by atoms with van der Waals surface area (Å²) in [5.41, 5.74) is 3.94. The molecule has 1 aliphatic heterocycles. The van der Waals surface area contributed by atoms with E-state index in [1.807, 2.05) is 6.07 Å². The first-order valence-corrected chi connectivity index (χ1v) is 11.9. The molecule has 0 aliphatic carbocycles. The van der Waals surface area contributed by atoms with Crippen molar-refractivity contribution in [1.29, 1.82) is 0 Å². The Kier molecular flexibility index (Phi) is 8.13. The first kappa shape index (κ1) is 23.5. The third-order valence-electron chi connectivity index (χ3n) is 6.33. The Labute approximate surface area is 195 Å². The maximum atomic E-state index is 13.4. The summed E-state index contributed by atoms with van der Waals surface area (Å²) in [6, 6.07) is 14.8. The highest BCUT2D eigenvalue weighted by atomic mass is 19.1. The number of nitrogens with zero attached hydrogens (tertiary/aromatic N) is 3. The van der Waals surface area contributed by atoms with E-state index in [4.69, 9.17) is 4.98 Å². The summed E-state index contributed by atoms with van der Waals surface area (Å²) in [4.78, 5) is 11.7. The minimum absolute atomic E-state index is 0.537. The van der Waals surface area contributed by atoms with Gasteiger partial charge in [-0.1, -0.05) is 25.1 Å². The van der Waals surface area contributed by atoms with Crippen molar-refractivity contribution >= 4 is 0 Å². The Morgan fingerprint density at radius 1 is 0.970 bits per heavy atom. The van der Waals surface area contributed by atoms with Crippen molar-refractivity contribution in [2.45, 2.75) is 51.6 Å². The van der Waals surface area contributed by atoms with Gasteiger partial charge in [-0.25, -0.2) is 18.7 Å². The van der Waals surface area contributed by atoms with Crippen LogP contribution in [0, 0.1) is 11.6 Å². The molecule has 1 fully saturated rings. The zero-order valence-electron chi connectivity index (χ0n) is 19.2. The Balaban J connectivity index is 1.40. The molecular weight excluding hydrogens is 418 g/mol.